The van der Waals surface area contributed by atoms with Gasteiger partial charge in [-0.1, -0.05) is 30.3 Å². The quantitative estimate of drug-likeness (QED) is 0.848. The fraction of sp³-hybridized carbons (Fsp3) is 0.467. The number of esters is 1. The van der Waals surface area contributed by atoms with Crippen LogP contribution < -0.4 is 0 Å². The van der Waals surface area contributed by atoms with E-state index in [2.05, 4.69) is 0 Å². The lowest BCUT2D eigenvalue weighted by Crippen LogP contribution is -2.82. The maximum absolute atomic E-state index is 14.1. The molecule has 4 rings (SSSR count). The molecule has 0 spiro atoms. The highest BCUT2D eigenvalue weighted by atomic mass is 19.3. The molecule has 2 bridgehead atoms. The number of aliphatic carboxylic acids is 1. The molecule has 0 unspecified atom stereocenters. The Labute approximate surface area is 119 Å². The first-order chi connectivity index (χ1) is 9.83. The molecule has 3 aliphatic rings. The van der Waals surface area contributed by atoms with Gasteiger partial charge < -0.3 is 9.84 Å². The lowest BCUT2D eigenvalue weighted by molar-refractivity contribution is -0.398. The van der Waals surface area contributed by atoms with E-state index in [9.17, 15) is 18.4 Å². The maximum Gasteiger partial charge on any atom is 0.318 e. The van der Waals surface area contributed by atoms with Crippen LogP contribution in [-0.2, 0) is 20.9 Å². The molecule has 3 aliphatic carbocycles. The van der Waals surface area contributed by atoms with Crippen LogP contribution in [0.1, 0.15) is 24.8 Å². The summed E-state index contributed by atoms with van der Waals surface area (Å²) in [6.45, 7) is -0.0521. The Morgan fingerprint density at radius 3 is 2.33 bits per heavy atom. The molecule has 21 heavy (non-hydrogen) atoms. The maximum atomic E-state index is 14.1. The minimum atomic E-state index is -3.29. The summed E-state index contributed by atoms with van der Waals surface area (Å²) >= 11 is 0. The molecule has 3 fully saturated rings. The molecular weight excluding hydrogens is 282 g/mol. The van der Waals surface area contributed by atoms with Crippen LogP contribution in [0.3, 0.4) is 0 Å². The summed E-state index contributed by atoms with van der Waals surface area (Å²) in [6, 6.07) is 8.80. The average Bonchev–Trinajstić information content (AvgIpc) is 2.41. The SMILES string of the molecule is O=C(O)CC12CC(C(=O)OCc3ccccc3)(C1)C2(F)F. The van der Waals surface area contributed by atoms with Gasteiger partial charge in [-0.15, -0.1) is 0 Å². The Bertz CT molecular complexity index is 591. The normalized spacial score (nSPS) is 31.7. The number of carbonyl (C=O) groups is 2. The molecule has 6 heteroatoms. The van der Waals surface area contributed by atoms with E-state index in [4.69, 9.17) is 9.84 Å². The Kier molecular flexibility index (Phi) is 2.83. The van der Waals surface area contributed by atoms with Gasteiger partial charge in [0, 0.05) is 5.41 Å². The van der Waals surface area contributed by atoms with Crippen LogP contribution in [0.15, 0.2) is 30.3 Å². The molecule has 0 heterocycles. The number of hydrogen-bond donors (Lipinski definition) is 1. The van der Waals surface area contributed by atoms with Crippen molar-refractivity contribution in [1.82, 2.24) is 0 Å². The van der Waals surface area contributed by atoms with Crippen LogP contribution in [0, 0.1) is 10.8 Å². The topological polar surface area (TPSA) is 63.6 Å². The highest BCUT2D eigenvalue weighted by Gasteiger charge is 2.91. The number of benzene rings is 1. The summed E-state index contributed by atoms with van der Waals surface area (Å²) in [5.74, 6) is -5.48. The fourth-order valence-electron chi connectivity index (χ4n) is 3.50. The Balaban J connectivity index is 1.64. The number of carboxylic acid groups (broad SMARTS) is 1. The fourth-order valence-corrected chi connectivity index (χ4v) is 3.50. The van der Waals surface area contributed by atoms with Crippen LogP contribution in [0.2, 0.25) is 0 Å². The molecule has 1 aromatic carbocycles. The van der Waals surface area contributed by atoms with Gasteiger partial charge in [-0.2, -0.15) is 0 Å². The molecule has 1 aromatic rings. The monoisotopic (exact) mass is 296 g/mol. The third-order valence-electron chi connectivity index (χ3n) is 4.64. The van der Waals surface area contributed by atoms with E-state index in [1.807, 2.05) is 0 Å². The number of halogens is 2. The van der Waals surface area contributed by atoms with Crippen molar-refractivity contribution >= 4 is 11.9 Å². The van der Waals surface area contributed by atoms with Gasteiger partial charge in [0.25, 0.3) is 5.92 Å². The number of rotatable bonds is 5. The summed E-state index contributed by atoms with van der Waals surface area (Å²) in [4.78, 5) is 22.6. The molecule has 0 aromatic heterocycles. The van der Waals surface area contributed by atoms with Crippen molar-refractivity contribution in [3.8, 4) is 0 Å². The highest BCUT2D eigenvalue weighted by molar-refractivity contribution is 5.85. The van der Waals surface area contributed by atoms with E-state index < -0.39 is 35.1 Å². The predicted octanol–water partition coefficient (Wildman–Crippen LogP) is 2.62. The molecule has 0 radical (unpaired) electrons. The summed E-state index contributed by atoms with van der Waals surface area (Å²) in [5, 5.41) is 8.70. The second-order valence-corrected chi connectivity index (χ2v) is 5.92. The van der Waals surface area contributed by atoms with Gasteiger partial charge in [0.05, 0.1) is 6.42 Å². The molecular formula is C15H14F2O4. The second kappa shape index (κ2) is 4.26. The minimum Gasteiger partial charge on any atom is -0.481 e. The molecule has 0 aliphatic heterocycles. The highest BCUT2D eigenvalue weighted by Crippen LogP contribution is 2.83. The molecule has 0 amide bonds. The van der Waals surface area contributed by atoms with Crippen molar-refractivity contribution in [2.75, 3.05) is 0 Å². The van der Waals surface area contributed by atoms with Crippen molar-refractivity contribution < 1.29 is 28.2 Å². The van der Waals surface area contributed by atoms with E-state index >= 15 is 0 Å². The lowest BCUT2D eigenvalue weighted by Gasteiger charge is -2.72. The first kappa shape index (κ1) is 14.0. The summed E-state index contributed by atoms with van der Waals surface area (Å²) in [7, 11) is 0. The van der Waals surface area contributed by atoms with Gasteiger partial charge in [0.15, 0.2) is 0 Å². The van der Waals surface area contributed by atoms with E-state index in [0.29, 0.717) is 0 Å². The minimum absolute atomic E-state index is 0.0521. The third kappa shape index (κ3) is 1.71. The second-order valence-electron chi connectivity index (χ2n) is 5.92. The predicted molar refractivity (Wildman–Crippen MR) is 67.5 cm³/mol. The van der Waals surface area contributed by atoms with E-state index in [1.165, 1.54) is 0 Å². The van der Waals surface area contributed by atoms with Gasteiger partial charge in [-0.3, -0.25) is 9.59 Å². The van der Waals surface area contributed by atoms with Crippen LogP contribution in [0.25, 0.3) is 0 Å². The number of carboxylic acids is 1. The number of hydrogen-bond acceptors (Lipinski definition) is 3. The molecule has 4 nitrogen and oxygen atoms in total. The van der Waals surface area contributed by atoms with Crippen molar-refractivity contribution in [1.29, 1.82) is 0 Å². The van der Waals surface area contributed by atoms with Gasteiger partial charge in [0.1, 0.15) is 12.0 Å². The molecule has 0 atom stereocenters. The Morgan fingerprint density at radius 1 is 1.19 bits per heavy atom. The number of ether oxygens (including phenoxy) is 1. The van der Waals surface area contributed by atoms with Gasteiger partial charge in [-0.25, -0.2) is 8.78 Å². The van der Waals surface area contributed by atoms with Gasteiger partial charge in [0.2, 0.25) is 0 Å². The molecule has 3 saturated carbocycles. The van der Waals surface area contributed by atoms with Crippen LogP contribution >= 0.6 is 0 Å². The standard InChI is InChI=1S/C15H14F2O4/c16-15(17)13(6-11(18)19)8-14(15,9-13)12(20)21-7-10-4-2-1-3-5-10/h1-5H,6-9H2,(H,18,19). The summed E-state index contributed by atoms with van der Waals surface area (Å²) in [5.41, 5.74) is -2.64. The molecule has 112 valence electrons. The zero-order chi connectivity index (χ0) is 15.3. The number of carbonyl (C=O) groups excluding carboxylic acids is 1. The van der Waals surface area contributed by atoms with E-state index in [0.717, 1.165) is 5.56 Å². The first-order valence-corrected chi connectivity index (χ1v) is 6.64. The van der Waals surface area contributed by atoms with E-state index in [-0.39, 0.29) is 19.4 Å². The summed E-state index contributed by atoms with van der Waals surface area (Å²) in [6.07, 6.45) is -0.812. The molecule has 0 saturated heterocycles. The number of alkyl halides is 2. The van der Waals surface area contributed by atoms with Gasteiger partial charge >= 0.3 is 11.9 Å². The van der Waals surface area contributed by atoms with Crippen molar-refractivity contribution in [2.24, 2.45) is 10.8 Å². The summed E-state index contributed by atoms with van der Waals surface area (Å²) < 4.78 is 33.1. The van der Waals surface area contributed by atoms with Crippen molar-refractivity contribution in [3.63, 3.8) is 0 Å². The van der Waals surface area contributed by atoms with Crippen molar-refractivity contribution in [3.05, 3.63) is 35.9 Å². The van der Waals surface area contributed by atoms with Crippen LogP contribution in [0.5, 0.6) is 0 Å². The Morgan fingerprint density at radius 2 is 1.81 bits per heavy atom. The third-order valence-corrected chi connectivity index (χ3v) is 4.64. The van der Waals surface area contributed by atoms with E-state index in [1.54, 1.807) is 30.3 Å². The van der Waals surface area contributed by atoms with Gasteiger partial charge in [-0.05, 0) is 18.4 Å². The van der Waals surface area contributed by atoms with Crippen LogP contribution in [0.4, 0.5) is 8.78 Å². The van der Waals surface area contributed by atoms with Crippen LogP contribution in [-0.4, -0.2) is 23.0 Å². The molecule has 1 N–H and O–H groups in total. The van der Waals surface area contributed by atoms with Crippen molar-refractivity contribution in [2.45, 2.75) is 31.8 Å². The smallest absolute Gasteiger partial charge is 0.318 e. The largest absolute Gasteiger partial charge is 0.481 e. The Hall–Kier alpha value is -1.98. The lowest BCUT2D eigenvalue weighted by atomic mass is 9.31. The zero-order valence-electron chi connectivity index (χ0n) is 11.1. The first-order valence-electron chi connectivity index (χ1n) is 6.64. The zero-order valence-corrected chi connectivity index (χ0v) is 11.1. The average molecular weight is 296 g/mol.